The number of fused-ring (bicyclic) bond motifs is 3. The number of hydrogen-bond acceptors (Lipinski definition) is 4. The van der Waals surface area contributed by atoms with Crippen molar-refractivity contribution < 1.29 is 0 Å². The molecule has 0 aliphatic carbocycles. The van der Waals surface area contributed by atoms with E-state index >= 15 is 0 Å². The Hall–Kier alpha value is -1.20. The Kier molecular flexibility index (Phi) is 2.07. The first kappa shape index (κ1) is 9.06. The van der Waals surface area contributed by atoms with Gasteiger partial charge in [-0.2, -0.15) is 0 Å². The van der Waals surface area contributed by atoms with Crippen molar-refractivity contribution in [3.8, 4) is 0 Å². The van der Waals surface area contributed by atoms with Crippen LogP contribution in [0.4, 0.5) is 5.69 Å². The predicted octanol–water partition coefficient (Wildman–Crippen LogP) is 3.57. The van der Waals surface area contributed by atoms with Gasteiger partial charge in [0, 0.05) is 38.1 Å². The number of thiophene rings is 1. The van der Waals surface area contributed by atoms with Crippen molar-refractivity contribution in [1.29, 1.82) is 0 Å². The minimum atomic E-state index is 1.03. The molecule has 15 heavy (non-hydrogen) atoms. The molecule has 0 saturated heterocycles. The summed E-state index contributed by atoms with van der Waals surface area (Å²) in [6, 6.07) is 6.19. The minimum Gasteiger partial charge on any atom is -0.322 e. The molecule has 0 fully saturated rings. The third-order valence-corrected chi connectivity index (χ3v) is 3.78. The van der Waals surface area contributed by atoms with Gasteiger partial charge in [0.25, 0.3) is 0 Å². The number of nitrogens with one attached hydrogen (secondary N) is 1. The van der Waals surface area contributed by atoms with E-state index in [0.29, 0.717) is 0 Å². The van der Waals surface area contributed by atoms with Gasteiger partial charge in [-0.3, -0.25) is 0 Å². The van der Waals surface area contributed by atoms with Gasteiger partial charge in [-0.25, -0.2) is 9.97 Å². The van der Waals surface area contributed by atoms with Gasteiger partial charge in [-0.1, -0.05) is 0 Å². The normalized spacial score (nSPS) is 11.0. The van der Waals surface area contributed by atoms with Gasteiger partial charge in [0.05, 0.1) is 10.2 Å². The monoisotopic (exact) mass is 279 g/mol. The van der Waals surface area contributed by atoms with Crippen molar-refractivity contribution in [3.05, 3.63) is 30.7 Å². The molecular weight excluding hydrogens is 274 g/mol. The molecule has 0 spiro atoms. The number of halogens is 1. The van der Waals surface area contributed by atoms with Crippen LogP contribution in [-0.2, 0) is 0 Å². The summed E-state index contributed by atoms with van der Waals surface area (Å²) in [5, 5.41) is 1.18. The molecule has 0 amide bonds. The van der Waals surface area contributed by atoms with Crippen LogP contribution < -0.4 is 4.34 Å². The Balaban J connectivity index is 2.43. The Morgan fingerprint density at radius 3 is 3.07 bits per heavy atom. The minimum absolute atomic E-state index is 1.03. The van der Waals surface area contributed by atoms with Gasteiger partial charge in [-0.15, -0.1) is 11.3 Å². The molecule has 0 aliphatic rings. The van der Waals surface area contributed by atoms with Crippen molar-refractivity contribution in [2.75, 3.05) is 4.34 Å². The summed E-state index contributed by atoms with van der Waals surface area (Å²) >= 11 is 4.92. The fourth-order valence-electron chi connectivity index (χ4n) is 1.57. The van der Waals surface area contributed by atoms with Gasteiger partial charge < -0.3 is 4.34 Å². The number of anilines is 1. The number of rotatable bonds is 1. The van der Waals surface area contributed by atoms with Crippen LogP contribution in [0.25, 0.3) is 20.3 Å². The molecule has 0 radical (unpaired) electrons. The van der Waals surface area contributed by atoms with Gasteiger partial charge in [0.15, 0.2) is 0 Å². The number of benzene rings is 1. The lowest BCUT2D eigenvalue weighted by molar-refractivity contribution is 1.23. The zero-order valence-electron chi connectivity index (χ0n) is 7.57. The molecule has 2 heterocycles. The van der Waals surface area contributed by atoms with E-state index in [4.69, 9.17) is 0 Å². The summed E-state index contributed by atoms with van der Waals surface area (Å²) < 4.78 is 5.29. The molecular formula is C10H6BrN3S. The first-order valence-corrected chi connectivity index (χ1v) is 5.98. The molecule has 2 aromatic heterocycles. The molecule has 74 valence electrons. The third kappa shape index (κ3) is 1.39. The van der Waals surface area contributed by atoms with Crippen LogP contribution in [0.15, 0.2) is 30.7 Å². The number of nitrogens with zero attached hydrogens (tertiary/aromatic N) is 2. The fraction of sp³-hybridized carbons (Fsp3) is 0. The smallest absolute Gasteiger partial charge is 0.116 e. The molecule has 0 aliphatic heterocycles. The SMILES string of the molecule is BrNc1ccc2c(c1)sc1cncnc12. The maximum atomic E-state index is 4.29. The molecule has 3 rings (SSSR count). The molecule has 1 N–H and O–H groups in total. The van der Waals surface area contributed by atoms with Crippen LogP contribution in [0.3, 0.4) is 0 Å². The van der Waals surface area contributed by atoms with Crippen molar-refractivity contribution in [2.45, 2.75) is 0 Å². The maximum Gasteiger partial charge on any atom is 0.116 e. The quantitative estimate of drug-likeness (QED) is 0.692. The number of hydrogen-bond donors (Lipinski definition) is 1. The Bertz CT molecular complexity index is 635. The predicted molar refractivity (Wildman–Crippen MR) is 67.5 cm³/mol. The van der Waals surface area contributed by atoms with E-state index in [0.717, 1.165) is 15.9 Å². The van der Waals surface area contributed by atoms with Crippen LogP contribution in [-0.4, -0.2) is 9.97 Å². The van der Waals surface area contributed by atoms with E-state index in [9.17, 15) is 0 Å². The highest BCUT2D eigenvalue weighted by Gasteiger charge is 2.05. The van der Waals surface area contributed by atoms with Crippen molar-refractivity contribution >= 4 is 53.5 Å². The first-order valence-electron chi connectivity index (χ1n) is 4.37. The van der Waals surface area contributed by atoms with E-state index in [1.807, 2.05) is 12.3 Å². The van der Waals surface area contributed by atoms with Gasteiger partial charge in [0.2, 0.25) is 0 Å². The largest absolute Gasteiger partial charge is 0.322 e. The molecule has 5 heteroatoms. The second kappa shape index (κ2) is 3.43. The van der Waals surface area contributed by atoms with Crippen molar-refractivity contribution in [3.63, 3.8) is 0 Å². The Labute approximate surface area is 98.5 Å². The first-order chi connectivity index (χ1) is 7.38. The second-order valence-electron chi connectivity index (χ2n) is 3.14. The summed E-state index contributed by atoms with van der Waals surface area (Å²) in [5.74, 6) is 0. The lowest BCUT2D eigenvalue weighted by Crippen LogP contribution is -1.78. The third-order valence-electron chi connectivity index (χ3n) is 2.24. The second-order valence-corrected chi connectivity index (χ2v) is 4.62. The van der Waals surface area contributed by atoms with Gasteiger partial charge in [-0.05, 0) is 18.2 Å². The summed E-state index contributed by atoms with van der Waals surface area (Å²) in [7, 11) is 0. The average molecular weight is 280 g/mol. The van der Waals surface area contributed by atoms with Gasteiger partial charge in [0.1, 0.15) is 6.33 Å². The summed E-state index contributed by atoms with van der Waals surface area (Å²) in [4.78, 5) is 8.32. The zero-order valence-corrected chi connectivity index (χ0v) is 9.97. The maximum absolute atomic E-state index is 4.29. The number of aromatic nitrogens is 2. The molecule has 0 bridgehead atoms. The topological polar surface area (TPSA) is 37.8 Å². The highest BCUT2D eigenvalue weighted by atomic mass is 79.9. The highest BCUT2D eigenvalue weighted by Crippen LogP contribution is 2.33. The molecule has 0 unspecified atom stereocenters. The Morgan fingerprint density at radius 2 is 2.20 bits per heavy atom. The summed E-state index contributed by atoms with van der Waals surface area (Å²) in [5.41, 5.74) is 2.08. The van der Waals surface area contributed by atoms with Crippen molar-refractivity contribution in [1.82, 2.24) is 9.97 Å². The van der Waals surface area contributed by atoms with Crippen LogP contribution in [0.2, 0.25) is 0 Å². The summed E-state index contributed by atoms with van der Waals surface area (Å²) in [6.07, 6.45) is 3.44. The lowest BCUT2D eigenvalue weighted by Gasteiger charge is -1.96. The van der Waals surface area contributed by atoms with E-state index in [2.05, 4.69) is 42.6 Å². The van der Waals surface area contributed by atoms with E-state index < -0.39 is 0 Å². The lowest BCUT2D eigenvalue weighted by atomic mass is 10.2. The Morgan fingerprint density at radius 1 is 1.27 bits per heavy atom. The van der Waals surface area contributed by atoms with E-state index in [-0.39, 0.29) is 0 Å². The molecule has 1 aromatic carbocycles. The van der Waals surface area contributed by atoms with Crippen LogP contribution in [0.1, 0.15) is 0 Å². The van der Waals surface area contributed by atoms with Crippen LogP contribution >= 0.6 is 27.5 Å². The van der Waals surface area contributed by atoms with Crippen molar-refractivity contribution in [2.24, 2.45) is 0 Å². The van der Waals surface area contributed by atoms with E-state index in [1.54, 1.807) is 17.7 Å². The van der Waals surface area contributed by atoms with E-state index in [1.165, 1.54) is 10.1 Å². The molecule has 0 atom stereocenters. The fourth-order valence-corrected chi connectivity index (χ4v) is 2.89. The average Bonchev–Trinajstić information content (AvgIpc) is 2.66. The molecule has 3 nitrogen and oxygen atoms in total. The standard InChI is InChI=1S/C10H6BrN3S/c11-14-6-1-2-7-8(3-6)15-9-4-12-5-13-10(7)9/h1-5,14H. The molecule has 3 aromatic rings. The summed E-state index contributed by atoms with van der Waals surface area (Å²) in [6.45, 7) is 0. The molecule has 0 saturated carbocycles. The van der Waals surface area contributed by atoms with Gasteiger partial charge >= 0.3 is 0 Å². The van der Waals surface area contributed by atoms with Crippen LogP contribution in [0, 0.1) is 0 Å². The highest BCUT2D eigenvalue weighted by molar-refractivity contribution is 9.10. The zero-order chi connectivity index (χ0) is 10.3. The van der Waals surface area contributed by atoms with Crippen LogP contribution in [0.5, 0.6) is 0 Å².